The number of carbonyl (C=O) groups is 1. The van der Waals surface area contributed by atoms with Crippen molar-refractivity contribution in [1.29, 1.82) is 0 Å². The van der Waals surface area contributed by atoms with Crippen LogP contribution in [-0.2, 0) is 0 Å². The van der Waals surface area contributed by atoms with Gasteiger partial charge in [0.1, 0.15) is 0 Å². The SMILES string of the molecule is [CH]=Cc1ccc(NC(=O)c2ccccc2)cc1. The molecule has 1 amide bonds. The van der Waals surface area contributed by atoms with E-state index in [9.17, 15) is 4.79 Å². The van der Waals surface area contributed by atoms with Gasteiger partial charge in [-0.2, -0.15) is 0 Å². The highest BCUT2D eigenvalue weighted by atomic mass is 16.1. The van der Waals surface area contributed by atoms with Crippen LogP contribution in [0, 0.1) is 6.58 Å². The van der Waals surface area contributed by atoms with Crippen molar-refractivity contribution >= 4 is 17.7 Å². The Morgan fingerprint density at radius 2 is 1.65 bits per heavy atom. The van der Waals surface area contributed by atoms with E-state index >= 15 is 0 Å². The second-order valence-corrected chi connectivity index (χ2v) is 3.61. The first-order chi connectivity index (χ1) is 8.29. The lowest BCUT2D eigenvalue weighted by molar-refractivity contribution is 0.102. The lowest BCUT2D eigenvalue weighted by Gasteiger charge is -2.05. The summed E-state index contributed by atoms with van der Waals surface area (Å²) in [6.45, 7) is 5.38. The molecule has 2 rings (SSSR count). The normalized spacial score (nSPS) is 9.65. The maximum absolute atomic E-state index is 11.8. The van der Waals surface area contributed by atoms with Gasteiger partial charge in [0.15, 0.2) is 0 Å². The van der Waals surface area contributed by atoms with Gasteiger partial charge in [0, 0.05) is 11.3 Å². The highest BCUT2D eigenvalue weighted by Gasteiger charge is 2.04. The molecule has 0 atom stereocenters. The highest BCUT2D eigenvalue weighted by Crippen LogP contribution is 2.11. The summed E-state index contributed by atoms with van der Waals surface area (Å²) < 4.78 is 0. The number of hydrogen-bond acceptors (Lipinski definition) is 1. The number of rotatable bonds is 3. The van der Waals surface area contributed by atoms with E-state index in [1.54, 1.807) is 12.1 Å². The molecule has 2 nitrogen and oxygen atoms in total. The van der Waals surface area contributed by atoms with Gasteiger partial charge in [-0.3, -0.25) is 4.79 Å². The number of benzene rings is 2. The second kappa shape index (κ2) is 5.12. The predicted octanol–water partition coefficient (Wildman–Crippen LogP) is 3.39. The number of nitrogens with one attached hydrogen (secondary N) is 1. The van der Waals surface area contributed by atoms with E-state index in [2.05, 4.69) is 5.32 Å². The molecule has 0 saturated heterocycles. The zero-order valence-corrected chi connectivity index (χ0v) is 9.26. The molecule has 2 heteroatoms. The first kappa shape index (κ1) is 11.1. The van der Waals surface area contributed by atoms with Crippen LogP contribution < -0.4 is 5.32 Å². The lowest BCUT2D eigenvalue weighted by atomic mass is 10.2. The summed E-state index contributed by atoms with van der Waals surface area (Å²) in [5.41, 5.74) is 2.31. The Morgan fingerprint density at radius 3 is 2.24 bits per heavy atom. The molecule has 2 aromatic rings. The molecular weight excluding hydrogens is 210 g/mol. The van der Waals surface area contributed by atoms with Crippen molar-refractivity contribution in [2.24, 2.45) is 0 Å². The molecule has 1 N–H and O–H groups in total. The lowest BCUT2D eigenvalue weighted by Crippen LogP contribution is -2.11. The molecule has 1 radical (unpaired) electrons. The third kappa shape index (κ3) is 2.82. The van der Waals surface area contributed by atoms with Crippen LogP contribution in [0.2, 0.25) is 0 Å². The standard InChI is InChI=1S/C15H12NO/c1-2-12-8-10-14(11-9-12)16-15(17)13-6-4-3-5-7-13/h1-11H,(H,16,17). The fourth-order valence-corrected chi connectivity index (χ4v) is 1.47. The van der Waals surface area contributed by atoms with Gasteiger partial charge in [-0.15, -0.1) is 0 Å². The van der Waals surface area contributed by atoms with E-state index in [1.165, 1.54) is 6.08 Å². The number of carbonyl (C=O) groups excluding carboxylic acids is 1. The molecule has 2 aromatic carbocycles. The van der Waals surface area contributed by atoms with E-state index in [0.29, 0.717) is 5.56 Å². The molecule has 0 fully saturated rings. The van der Waals surface area contributed by atoms with Crippen LogP contribution in [0.15, 0.2) is 54.6 Å². The van der Waals surface area contributed by atoms with Gasteiger partial charge in [0.05, 0.1) is 0 Å². The Balaban J connectivity index is 2.10. The van der Waals surface area contributed by atoms with Gasteiger partial charge >= 0.3 is 0 Å². The smallest absolute Gasteiger partial charge is 0.255 e. The maximum atomic E-state index is 11.8. The third-order valence-corrected chi connectivity index (χ3v) is 2.40. The highest BCUT2D eigenvalue weighted by molar-refractivity contribution is 6.04. The Bertz CT molecular complexity index is 514. The van der Waals surface area contributed by atoms with E-state index in [1.807, 2.05) is 42.5 Å². The van der Waals surface area contributed by atoms with Crippen molar-refractivity contribution in [2.45, 2.75) is 0 Å². The van der Waals surface area contributed by atoms with Crippen LogP contribution in [0.25, 0.3) is 6.08 Å². The van der Waals surface area contributed by atoms with E-state index in [0.717, 1.165) is 11.3 Å². The zero-order chi connectivity index (χ0) is 12.1. The van der Waals surface area contributed by atoms with Gasteiger partial charge in [-0.25, -0.2) is 0 Å². The summed E-state index contributed by atoms with van der Waals surface area (Å²) in [6.07, 6.45) is 1.52. The number of amides is 1. The fourth-order valence-electron chi connectivity index (χ4n) is 1.47. The molecule has 0 spiro atoms. The number of hydrogen-bond donors (Lipinski definition) is 1. The van der Waals surface area contributed by atoms with Crippen molar-refractivity contribution in [1.82, 2.24) is 0 Å². The molecular formula is C15H12NO. The summed E-state index contributed by atoms with van der Waals surface area (Å²) in [7, 11) is 0. The van der Waals surface area contributed by atoms with Gasteiger partial charge in [0.25, 0.3) is 5.91 Å². The van der Waals surface area contributed by atoms with Gasteiger partial charge in [0.2, 0.25) is 0 Å². The van der Waals surface area contributed by atoms with Gasteiger partial charge < -0.3 is 5.32 Å². The quantitative estimate of drug-likeness (QED) is 0.847. The molecule has 0 heterocycles. The fraction of sp³-hybridized carbons (Fsp3) is 0. The van der Waals surface area contributed by atoms with Crippen molar-refractivity contribution in [3.8, 4) is 0 Å². The minimum atomic E-state index is -0.116. The summed E-state index contributed by atoms with van der Waals surface area (Å²) in [5, 5.41) is 2.82. The zero-order valence-electron chi connectivity index (χ0n) is 9.26. The monoisotopic (exact) mass is 222 g/mol. The molecule has 0 aromatic heterocycles. The van der Waals surface area contributed by atoms with Crippen LogP contribution in [0.3, 0.4) is 0 Å². The average Bonchev–Trinajstić information content (AvgIpc) is 2.40. The van der Waals surface area contributed by atoms with Crippen LogP contribution in [-0.4, -0.2) is 5.91 Å². The molecule has 0 aliphatic heterocycles. The summed E-state index contributed by atoms with van der Waals surface area (Å²) in [4.78, 5) is 11.8. The average molecular weight is 222 g/mol. The van der Waals surface area contributed by atoms with Crippen molar-refractivity contribution < 1.29 is 4.79 Å². The topological polar surface area (TPSA) is 29.1 Å². The molecule has 0 aliphatic rings. The van der Waals surface area contributed by atoms with E-state index in [4.69, 9.17) is 6.58 Å². The molecule has 17 heavy (non-hydrogen) atoms. The molecule has 83 valence electrons. The first-order valence-electron chi connectivity index (χ1n) is 5.31. The maximum Gasteiger partial charge on any atom is 0.255 e. The van der Waals surface area contributed by atoms with Gasteiger partial charge in [-0.05, 0) is 29.8 Å². The van der Waals surface area contributed by atoms with Crippen molar-refractivity contribution in [3.05, 3.63) is 72.3 Å². The Morgan fingerprint density at radius 1 is 1.00 bits per heavy atom. The minimum absolute atomic E-state index is 0.116. The Hall–Kier alpha value is -2.35. The van der Waals surface area contributed by atoms with E-state index < -0.39 is 0 Å². The first-order valence-corrected chi connectivity index (χ1v) is 5.31. The Kier molecular flexibility index (Phi) is 3.36. The van der Waals surface area contributed by atoms with Crippen molar-refractivity contribution in [3.63, 3.8) is 0 Å². The molecule has 0 unspecified atom stereocenters. The predicted molar refractivity (Wildman–Crippen MR) is 69.6 cm³/mol. The van der Waals surface area contributed by atoms with Crippen LogP contribution in [0.1, 0.15) is 15.9 Å². The third-order valence-electron chi connectivity index (χ3n) is 2.40. The van der Waals surface area contributed by atoms with Crippen LogP contribution in [0.4, 0.5) is 5.69 Å². The summed E-state index contributed by atoms with van der Waals surface area (Å²) >= 11 is 0. The van der Waals surface area contributed by atoms with Gasteiger partial charge in [-0.1, -0.05) is 43.0 Å². The molecule has 0 bridgehead atoms. The van der Waals surface area contributed by atoms with Crippen molar-refractivity contribution in [2.75, 3.05) is 5.32 Å². The number of anilines is 1. The second-order valence-electron chi connectivity index (χ2n) is 3.61. The molecule has 0 saturated carbocycles. The summed E-state index contributed by atoms with van der Waals surface area (Å²) in [6, 6.07) is 16.4. The van der Waals surface area contributed by atoms with Crippen LogP contribution >= 0.6 is 0 Å². The van der Waals surface area contributed by atoms with E-state index in [-0.39, 0.29) is 5.91 Å². The molecule has 0 aliphatic carbocycles. The Labute approximate surface area is 101 Å². The summed E-state index contributed by atoms with van der Waals surface area (Å²) in [5.74, 6) is -0.116. The van der Waals surface area contributed by atoms with Crippen LogP contribution in [0.5, 0.6) is 0 Å². The minimum Gasteiger partial charge on any atom is -0.322 e. The largest absolute Gasteiger partial charge is 0.322 e.